The first kappa shape index (κ1) is 32.7. The SMILES string of the molecule is CC1(C)c2cc(C#N)ccc2-c2ccc(-c3ccc4oc5ccccc5c4c3C3=CCCC(c4nc(C5=CC=CC=CC5)nc(-c5ccccc5)n4)=C3)cc21. The number of furan rings is 1. The second-order valence-corrected chi connectivity index (χ2v) is 15.0. The zero-order chi connectivity index (χ0) is 37.1. The molecule has 0 N–H and O–H groups in total. The average Bonchev–Trinajstić information content (AvgIpc) is 3.54. The molecule has 5 aromatic carbocycles. The third kappa shape index (κ3) is 5.49. The molecular formula is C50H36N4O. The van der Waals surface area contributed by atoms with Gasteiger partial charge in [0.2, 0.25) is 0 Å². The Morgan fingerprint density at radius 1 is 0.673 bits per heavy atom. The van der Waals surface area contributed by atoms with Crippen LogP contribution in [0.4, 0.5) is 0 Å². The number of nitriles is 1. The molecule has 2 heterocycles. The average molecular weight is 709 g/mol. The normalized spacial score (nSPS) is 15.5. The van der Waals surface area contributed by atoms with Gasteiger partial charge < -0.3 is 4.42 Å². The number of allylic oxidation sites excluding steroid dienone is 10. The summed E-state index contributed by atoms with van der Waals surface area (Å²) in [5, 5.41) is 11.9. The summed E-state index contributed by atoms with van der Waals surface area (Å²) < 4.78 is 6.49. The Morgan fingerprint density at radius 2 is 1.42 bits per heavy atom. The van der Waals surface area contributed by atoms with Crippen LogP contribution in [0.25, 0.3) is 72.3 Å². The molecule has 0 spiro atoms. The van der Waals surface area contributed by atoms with E-state index in [0.717, 1.165) is 80.2 Å². The first-order valence-electron chi connectivity index (χ1n) is 18.9. The van der Waals surface area contributed by atoms with E-state index in [1.165, 1.54) is 22.3 Å². The summed E-state index contributed by atoms with van der Waals surface area (Å²) in [5.74, 6) is 2.07. The Morgan fingerprint density at radius 3 is 2.27 bits per heavy atom. The van der Waals surface area contributed by atoms with E-state index in [9.17, 15) is 5.26 Å². The molecule has 0 amide bonds. The molecule has 5 heteroatoms. The maximum absolute atomic E-state index is 9.70. The molecule has 262 valence electrons. The highest BCUT2D eigenvalue weighted by Crippen LogP contribution is 2.51. The molecule has 0 fully saturated rings. The maximum atomic E-state index is 9.70. The van der Waals surface area contributed by atoms with Crippen LogP contribution >= 0.6 is 0 Å². The molecule has 2 aromatic heterocycles. The lowest BCUT2D eigenvalue weighted by atomic mass is 9.80. The first-order valence-corrected chi connectivity index (χ1v) is 18.9. The smallest absolute Gasteiger partial charge is 0.164 e. The molecule has 0 unspecified atom stereocenters. The lowest BCUT2D eigenvalue weighted by Gasteiger charge is -2.23. The quantitative estimate of drug-likeness (QED) is 0.178. The number of nitrogens with zero attached hydrogens (tertiary/aromatic N) is 4. The fraction of sp³-hybridized carbons (Fsp3) is 0.120. The van der Waals surface area contributed by atoms with Gasteiger partial charge in [0.25, 0.3) is 0 Å². The van der Waals surface area contributed by atoms with Crippen molar-refractivity contribution >= 4 is 38.7 Å². The van der Waals surface area contributed by atoms with Crippen molar-refractivity contribution in [2.45, 2.75) is 38.5 Å². The molecular weight excluding hydrogens is 673 g/mol. The van der Waals surface area contributed by atoms with Gasteiger partial charge in [-0.05, 0) is 100 Å². The second kappa shape index (κ2) is 12.9. The predicted molar refractivity (Wildman–Crippen MR) is 223 cm³/mol. The van der Waals surface area contributed by atoms with Gasteiger partial charge in [0.15, 0.2) is 17.5 Å². The Hall–Kier alpha value is -6.90. The van der Waals surface area contributed by atoms with E-state index in [4.69, 9.17) is 19.4 Å². The summed E-state index contributed by atoms with van der Waals surface area (Å²) in [4.78, 5) is 15.3. The topological polar surface area (TPSA) is 75.6 Å². The van der Waals surface area contributed by atoms with Crippen LogP contribution in [0, 0.1) is 11.3 Å². The number of hydrogen-bond acceptors (Lipinski definition) is 5. The highest BCUT2D eigenvalue weighted by molar-refractivity contribution is 6.14. The predicted octanol–water partition coefficient (Wildman–Crippen LogP) is 12.4. The molecule has 55 heavy (non-hydrogen) atoms. The summed E-state index contributed by atoms with van der Waals surface area (Å²) >= 11 is 0. The molecule has 0 saturated heterocycles. The van der Waals surface area contributed by atoms with Crippen molar-refractivity contribution in [2.24, 2.45) is 0 Å². The Balaban J connectivity index is 1.16. The van der Waals surface area contributed by atoms with Crippen molar-refractivity contribution in [1.29, 1.82) is 5.26 Å². The van der Waals surface area contributed by atoms with Gasteiger partial charge in [-0.2, -0.15) is 5.26 Å². The van der Waals surface area contributed by atoms with E-state index in [0.29, 0.717) is 23.0 Å². The molecule has 7 aromatic rings. The van der Waals surface area contributed by atoms with Crippen molar-refractivity contribution in [3.8, 4) is 39.7 Å². The zero-order valence-electron chi connectivity index (χ0n) is 30.7. The third-order valence-electron chi connectivity index (χ3n) is 11.3. The minimum Gasteiger partial charge on any atom is -0.456 e. The molecule has 5 nitrogen and oxygen atoms in total. The van der Waals surface area contributed by atoms with E-state index in [1.54, 1.807) is 0 Å². The summed E-state index contributed by atoms with van der Waals surface area (Å²) in [6.07, 6.45) is 17.4. The lowest BCUT2D eigenvalue weighted by Crippen LogP contribution is -2.15. The van der Waals surface area contributed by atoms with Gasteiger partial charge in [-0.25, -0.2) is 15.0 Å². The molecule has 3 aliphatic carbocycles. The first-order chi connectivity index (χ1) is 27.0. The molecule has 0 bridgehead atoms. The number of hydrogen-bond donors (Lipinski definition) is 0. The van der Waals surface area contributed by atoms with Crippen LogP contribution in [0.15, 0.2) is 150 Å². The largest absolute Gasteiger partial charge is 0.456 e. The second-order valence-electron chi connectivity index (χ2n) is 15.0. The van der Waals surface area contributed by atoms with Crippen LogP contribution < -0.4 is 0 Å². The number of benzene rings is 5. The van der Waals surface area contributed by atoms with Gasteiger partial charge in [0, 0.05) is 32.9 Å². The molecule has 0 saturated carbocycles. The summed E-state index contributed by atoms with van der Waals surface area (Å²) in [7, 11) is 0. The summed E-state index contributed by atoms with van der Waals surface area (Å²) in [6, 6.07) is 38.1. The number of para-hydroxylation sites is 1. The highest BCUT2D eigenvalue weighted by Gasteiger charge is 2.36. The van der Waals surface area contributed by atoms with Gasteiger partial charge in [0.05, 0.1) is 11.6 Å². The number of aromatic nitrogens is 3. The molecule has 0 radical (unpaired) electrons. The fourth-order valence-electron chi connectivity index (χ4n) is 8.51. The third-order valence-corrected chi connectivity index (χ3v) is 11.3. The number of rotatable bonds is 5. The molecule has 10 rings (SSSR count). The maximum Gasteiger partial charge on any atom is 0.164 e. The monoisotopic (exact) mass is 708 g/mol. The zero-order valence-corrected chi connectivity index (χ0v) is 30.7. The lowest BCUT2D eigenvalue weighted by molar-refractivity contribution is 0.660. The van der Waals surface area contributed by atoms with E-state index < -0.39 is 0 Å². The fourth-order valence-corrected chi connectivity index (χ4v) is 8.51. The van der Waals surface area contributed by atoms with Gasteiger partial charge in [0.1, 0.15) is 11.2 Å². The van der Waals surface area contributed by atoms with Crippen LogP contribution in [-0.4, -0.2) is 15.0 Å². The number of fused-ring (bicyclic) bond motifs is 6. The van der Waals surface area contributed by atoms with Crippen LogP contribution in [0.5, 0.6) is 0 Å². The Bertz CT molecular complexity index is 2930. The van der Waals surface area contributed by atoms with Gasteiger partial charge >= 0.3 is 0 Å². The molecule has 3 aliphatic rings. The van der Waals surface area contributed by atoms with E-state index >= 15 is 0 Å². The van der Waals surface area contributed by atoms with Gasteiger partial charge in [-0.15, -0.1) is 0 Å². The van der Waals surface area contributed by atoms with Crippen LogP contribution in [-0.2, 0) is 5.41 Å². The van der Waals surface area contributed by atoms with Crippen molar-refractivity contribution in [2.75, 3.05) is 0 Å². The van der Waals surface area contributed by atoms with Crippen LogP contribution in [0.2, 0.25) is 0 Å². The minimum atomic E-state index is -0.261. The van der Waals surface area contributed by atoms with Crippen LogP contribution in [0.3, 0.4) is 0 Å². The Labute approximate surface area is 320 Å². The summed E-state index contributed by atoms with van der Waals surface area (Å²) in [5.41, 5.74) is 14.6. The Kier molecular flexibility index (Phi) is 7.67. The van der Waals surface area contributed by atoms with Crippen molar-refractivity contribution < 1.29 is 4.42 Å². The standard InChI is InChI=1S/C50H36N4O/c1-50(2)41-27-31(30-51)21-23-38(41)39-24-22-34(29-42(39)50)37-25-26-44-46(40-19-10-11-20-43(40)55-44)45(37)35-17-12-18-36(28-35)49-53-47(32-13-6-3-4-7-14-32)52-48(54-49)33-15-8-5-9-16-33/h3-11,13,15-17,19-29H,12,14,18H2,1-2H3. The van der Waals surface area contributed by atoms with Crippen molar-refractivity contribution in [3.05, 3.63) is 180 Å². The molecule has 0 aliphatic heterocycles. The van der Waals surface area contributed by atoms with E-state index in [-0.39, 0.29) is 5.41 Å². The van der Waals surface area contributed by atoms with Gasteiger partial charge in [-0.1, -0.05) is 123 Å². The van der Waals surface area contributed by atoms with Crippen molar-refractivity contribution in [1.82, 2.24) is 15.0 Å². The minimum absolute atomic E-state index is 0.261. The van der Waals surface area contributed by atoms with E-state index in [1.807, 2.05) is 48.6 Å². The van der Waals surface area contributed by atoms with E-state index in [2.05, 4.69) is 117 Å². The van der Waals surface area contributed by atoms with Crippen molar-refractivity contribution in [3.63, 3.8) is 0 Å². The van der Waals surface area contributed by atoms with Crippen LogP contribution in [0.1, 0.15) is 67.0 Å². The molecule has 0 atom stereocenters. The van der Waals surface area contributed by atoms with Gasteiger partial charge in [-0.3, -0.25) is 0 Å². The highest BCUT2D eigenvalue weighted by atomic mass is 16.3. The summed E-state index contributed by atoms with van der Waals surface area (Å²) in [6.45, 7) is 4.53.